The van der Waals surface area contributed by atoms with Crippen LogP contribution in [0.4, 0.5) is 17.8 Å². The van der Waals surface area contributed by atoms with Crippen molar-refractivity contribution in [1.29, 1.82) is 0 Å². The van der Waals surface area contributed by atoms with Crippen molar-refractivity contribution >= 4 is 28.9 Å². The maximum atomic E-state index is 12.7. The highest BCUT2D eigenvalue weighted by Crippen LogP contribution is 2.29. The Balaban J connectivity index is 1.28. The lowest BCUT2D eigenvalue weighted by Gasteiger charge is -2.38. The van der Waals surface area contributed by atoms with Gasteiger partial charge in [-0.2, -0.15) is 15.0 Å². The number of benzene rings is 1. The predicted octanol–water partition coefficient (Wildman–Crippen LogP) is -0.914. The Morgan fingerprint density at radius 2 is 1.18 bits per heavy atom. The normalized spacial score (nSPS) is 27.3. The van der Waals surface area contributed by atoms with Crippen LogP contribution in [0.5, 0.6) is 0 Å². The van der Waals surface area contributed by atoms with Crippen molar-refractivity contribution in [2.45, 2.75) is 55.9 Å². The van der Waals surface area contributed by atoms with Crippen molar-refractivity contribution in [2.75, 3.05) is 54.0 Å². The summed E-state index contributed by atoms with van der Waals surface area (Å²) in [5.74, 6) is 1.78. The van der Waals surface area contributed by atoms with E-state index in [0.29, 0.717) is 44.0 Å². The predicted molar refractivity (Wildman–Crippen MR) is 148 cm³/mol. The molecule has 204 valence electrons. The van der Waals surface area contributed by atoms with Crippen LogP contribution < -0.4 is 43.3 Å². The molecule has 13 heteroatoms. The Bertz CT molecular complexity index is 1270. The quantitative estimate of drug-likeness (QED) is 0.285. The molecule has 38 heavy (non-hydrogen) atoms. The summed E-state index contributed by atoms with van der Waals surface area (Å²) in [6.07, 6.45) is 3.16. The van der Waals surface area contributed by atoms with Gasteiger partial charge in [-0.15, -0.1) is 0 Å². The monoisotopic (exact) mass is 522 g/mol. The number of rotatable bonds is 4. The van der Waals surface area contributed by atoms with E-state index in [-0.39, 0.29) is 35.9 Å². The lowest BCUT2D eigenvalue weighted by molar-refractivity contribution is 0.393. The van der Waals surface area contributed by atoms with E-state index in [1.807, 2.05) is 28.8 Å². The van der Waals surface area contributed by atoms with Crippen LogP contribution in [0, 0.1) is 0 Å². The first-order valence-electron chi connectivity index (χ1n) is 13.6. The molecule has 0 radical (unpaired) electrons. The van der Waals surface area contributed by atoms with Crippen LogP contribution >= 0.6 is 0 Å². The zero-order chi connectivity index (χ0) is 26.4. The van der Waals surface area contributed by atoms with Crippen molar-refractivity contribution in [2.24, 2.45) is 22.9 Å². The molecule has 4 unspecified atom stereocenters. The van der Waals surface area contributed by atoms with Gasteiger partial charge in [-0.05, 0) is 37.8 Å². The number of aromatic amines is 1. The molecular formula is C25H38N12O. The van der Waals surface area contributed by atoms with Gasteiger partial charge in [0.25, 0.3) is 0 Å². The molecule has 3 aromatic rings. The third-order valence-corrected chi connectivity index (χ3v) is 7.93. The standard InChI is InChI=1S/C25H38N12O/c26-15-9-16(27)12-35(11-15)23-31-22(32-24(33-23)36-13-17(28)10-18(29)14-36)34-7-5-19(6-8-34)37-21-4-2-1-3-20(21)30-25(37)38/h1-4,15-19H,5-14,26-29H2,(H,30,38). The maximum Gasteiger partial charge on any atom is 0.326 e. The van der Waals surface area contributed by atoms with Crippen LogP contribution in [-0.2, 0) is 0 Å². The van der Waals surface area contributed by atoms with Gasteiger partial charge < -0.3 is 42.6 Å². The van der Waals surface area contributed by atoms with Crippen LogP contribution in [0.15, 0.2) is 29.1 Å². The summed E-state index contributed by atoms with van der Waals surface area (Å²) >= 11 is 0. The smallest absolute Gasteiger partial charge is 0.326 e. The van der Waals surface area contributed by atoms with Crippen molar-refractivity contribution in [3.05, 3.63) is 34.7 Å². The number of hydrogen-bond acceptors (Lipinski definition) is 11. The van der Waals surface area contributed by atoms with Gasteiger partial charge >= 0.3 is 5.69 Å². The van der Waals surface area contributed by atoms with Gasteiger partial charge in [0.2, 0.25) is 17.8 Å². The first kappa shape index (κ1) is 25.0. The van der Waals surface area contributed by atoms with Crippen LogP contribution in [0.1, 0.15) is 31.7 Å². The number of aromatic nitrogens is 5. The zero-order valence-corrected chi connectivity index (χ0v) is 21.6. The molecule has 3 fully saturated rings. The fraction of sp³-hybridized carbons (Fsp3) is 0.600. The summed E-state index contributed by atoms with van der Waals surface area (Å²) in [5.41, 5.74) is 26.9. The number of anilines is 3. The summed E-state index contributed by atoms with van der Waals surface area (Å²) in [6.45, 7) is 4.00. The SMILES string of the molecule is NC1CC(N)CN(c2nc(N3CCC(n4c(=O)[nH]c5ccccc54)CC3)nc(N3CC(N)CC(N)C3)n2)C1. The third-order valence-electron chi connectivity index (χ3n) is 7.93. The van der Waals surface area contributed by atoms with Gasteiger partial charge in [0, 0.05) is 69.5 Å². The minimum absolute atomic E-state index is 0.0375. The van der Waals surface area contributed by atoms with E-state index in [9.17, 15) is 4.79 Å². The number of H-pyrrole nitrogens is 1. The third kappa shape index (κ3) is 4.94. The fourth-order valence-corrected chi connectivity index (χ4v) is 6.21. The second kappa shape index (κ2) is 10.1. The molecule has 2 aromatic heterocycles. The van der Waals surface area contributed by atoms with Gasteiger partial charge in [0.15, 0.2) is 0 Å². The number of nitrogens with zero attached hydrogens (tertiary/aromatic N) is 7. The Hall–Kier alpha value is -3.26. The highest BCUT2D eigenvalue weighted by Gasteiger charge is 2.31. The molecule has 13 nitrogen and oxygen atoms in total. The van der Waals surface area contributed by atoms with Crippen LogP contribution in [-0.4, -0.2) is 87.9 Å². The first-order chi connectivity index (χ1) is 18.3. The summed E-state index contributed by atoms with van der Waals surface area (Å²) in [4.78, 5) is 36.7. The molecule has 0 saturated carbocycles. The van der Waals surface area contributed by atoms with E-state index in [1.54, 1.807) is 0 Å². The molecule has 0 spiro atoms. The van der Waals surface area contributed by atoms with Crippen molar-refractivity contribution < 1.29 is 0 Å². The number of piperidine rings is 3. The van der Waals surface area contributed by atoms with Gasteiger partial charge in [-0.1, -0.05) is 12.1 Å². The van der Waals surface area contributed by atoms with Crippen molar-refractivity contribution in [3.8, 4) is 0 Å². The van der Waals surface area contributed by atoms with Crippen LogP contribution in [0.2, 0.25) is 0 Å². The molecule has 3 aliphatic rings. The minimum atomic E-state index is -0.0649. The molecule has 1 aromatic carbocycles. The van der Waals surface area contributed by atoms with E-state index in [0.717, 1.165) is 49.8 Å². The van der Waals surface area contributed by atoms with Crippen molar-refractivity contribution in [1.82, 2.24) is 24.5 Å². The molecule has 9 N–H and O–H groups in total. The molecule has 0 aliphatic carbocycles. The summed E-state index contributed by atoms with van der Waals surface area (Å²) in [7, 11) is 0. The molecule has 5 heterocycles. The van der Waals surface area contributed by atoms with Gasteiger partial charge in [-0.25, -0.2) is 4.79 Å². The largest absolute Gasteiger partial charge is 0.340 e. The molecule has 6 rings (SSSR count). The van der Waals surface area contributed by atoms with Crippen LogP contribution in [0.25, 0.3) is 11.0 Å². The van der Waals surface area contributed by atoms with E-state index in [4.69, 9.17) is 37.9 Å². The average molecular weight is 523 g/mol. The van der Waals surface area contributed by atoms with E-state index >= 15 is 0 Å². The van der Waals surface area contributed by atoms with Gasteiger partial charge in [0.05, 0.1) is 11.0 Å². The number of nitrogens with two attached hydrogens (primary N) is 4. The molecule has 3 saturated heterocycles. The molecule has 4 atom stereocenters. The Labute approximate surface area is 221 Å². The highest BCUT2D eigenvalue weighted by molar-refractivity contribution is 5.75. The number of hydrogen-bond donors (Lipinski definition) is 5. The van der Waals surface area contributed by atoms with Gasteiger partial charge in [0.1, 0.15) is 0 Å². The fourth-order valence-electron chi connectivity index (χ4n) is 6.21. The summed E-state index contributed by atoms with van der Waals surface area (Å²) in [5, 5.41) is 0. The Kier molecular flexibility index (Phi) is 6.68. The number of fused-ring (bicyclic) bond motifs is 1. The zero-order valence-electron chi connectivity index (χ0n) is 21.6. The Morgan fingerprint density at radius 1 is 0.711 bits per heavy atom. The first-order valence-corrected chi connectivity index (χ1v) is 13.6. The van der Waals surface area contributed by atoms with E-state index in [1.165, 1.54) is 0 Å². The van der Waals surface area contributed by atoms with E-state index in [2.05, 4.69) is 19.7 Å². The second-order valence-electron chi connectivity index (χ2n) is 11.1. The second-order valence-corrected chi connectivity index (χ2v) is 11.1. The van der Waals surface area contributed by atoms with Crippen LogP contribution in [0.3, 0.4) is 0 Å². The summed E-state index contributed by atoms with van der Waals surface area (Å²) in [6, 6.07) is 7.78. The minimum Gasteiger partial charge on any atom is -0.340 e. The van der Waals surface area contributed by atoms with Crippen molar-refractivity contribution in [3.63, 3.8) is 0 Å². The lowest BCUT2D eigenvalue weighted by Crippen LogP contribution is -2.54. The molecule has 3 aliphatic heterocycles. The van der Waals surface area contributed by atoms with E-state index < -0.39 is 0 Å². The topological polar surface area (TPSA) is 190 Å². The Morgan fingerprint density at radius 3 is 1.71 bits per heavy atom. The lowest BCUT2D eigenvalue weighted by atomic mass is 10.0. The highest BCUT2D eigenvalue weighted by atomic mass is 16.1. The average Bonchev–Trinajstić information content (AvgIpc) is 3.23. The molecule has 0 bridgehead atoms. The molecule has 0 amide bonds. The summed E-state index contributed by atoms with van der Waals surface area (Å²) < 4.78 is 1.89. The van der Waals surface area contributed by atoms with Gasteiger partial charge in [-0.3, -0.25) is 4.57 Å². The maximum absolute atomic E-state index is 12.7. The molecular weight excluding hydrogens is 484 g/mol. The number of nitrogens with one attached hydrogen (secondary N) is 1. The number of imidazole rings is 1. The number of para-hydroxylation sites is 2.